The van der Waals surface area contributed by atoms with E-state index < -0.39 is 11.9 Å². The van der Waals surface area contributed by atoms with E-state index in [2.05, 4.69) is 4.98 Å². The molecule has 1 aliphatic rings. The number of hydrogen-bond acceptors (Lipinski definition) is 6. The maximum Gasteiger partial charge on any atom is 0.325 e. The Hall–Kier alpha value is -3.66. The number of hydrogen-bond donors (Lipinski definition) is 0. The summed E-state index contributed by atoms with van der Waals surface area (Å²) in [4.78, 5) is 45.4. The number of halogens is 2. The summed E-state index contributed by atoms with van der Waals surface area (Å²) in [6, 6.07) is 13.2. The van der Waals surface area contributed by atoms with Crippen LogP contribution >= 0.6 is 11.3 Å². The summed E-state index contributed by atoms with van der Waals surface area (Å²) in [5, 5.41) is 2.54. The fourth-order valence-electron chi connectivity index (χ4n) is 4.60. The Balaban J connectivity index is 1.40. The van der Waals surface area contributed by atoms with Crippen LogP contribution in [0.3, 0.4) is 0 Å². The van der Waals surface area contributed by atoms with Gasteiger partial charge in [0, 0.05) is 49.5 Å². The van der Waals surface area contributed by atoms with Gasteiger partial charge in [0.25, 0.3) is 17.7 Å². The van der Waals surface area contributed by atoms with Crippen molar-refractivity contribution in [2.24, 2.45) is 0 Å². The number of thiazole rings is 1. The molecule has 10 heteroatoms. The van der Waals surface area contributed by atoms with E-state index >= 15 is 0 Å². The minimum atomic E-state index is -2.93. The zero-order valence-corrected chi connectivity index (χ0v) is 23.0. The van der Waals surface area contributed by atoms with Gasteiger partial charge in [0.05, 0.1) is 11.6 Å². The fraction of sp³-hybridized carbons (Fsp3) is 0.379. The van der Waals surface area contributed by atoms with Crippen LogP contribution in [0, 0.1) is 0 Å². The van der Waals surface area contributed by atoms with Crippen molar-refractivity contribution < 1.29 is 27.9 Å². The number of rotatable bonds is 8. The summed E-state index contributed by atoms with van der Waals surface area (Å²) >= 11 is 1.41. The van der Waals surface area contributed by atoms with Crippen molar-refractivity contribution in [3.63, 3.8) is 0 Å². The number of likely N-dealkylation sites (tertiary alicyclic amines) is 1. The molecule has 0 atom stereocenters. The standard InChI is InChI=1S/C29H31F2N3O4S/c1-4-38-25(35)17-33(3)28(37)24-18-39-26(32-24)20-13-15-34(16-14-20)27(36)23-8-6-5-7-22(23)19-9-11-21(12-10-19)29(2,30)31/h5-12,18,20H,4,13-17H2,1-3H3. The first-order valence-corrected chi connectivity index (χ1v) is 13.7. The molecule has 2 heterocycles. The molecule has 1 aromatic heterocycles. The van der Waals surface area contributed by atoms with Crippen LogP contribution in [-0.2, 0) is 15.5 Å². The number of likely N-dealkylation sites (N-methyl/N-ethyl adjacent to an activating group) is 1. The first kappa shape index (κ1) is 28.4. The minimum absolute atomic E-state index is 0.0742. The van der Waals surface area contributed by atoms with Gasteiger partial charge in [-0.15, -0.1) is 11.3 Å². The third-order valence-electron chi connectivity index (χ3n) is 6.75. The Bertz CT molecular complexity index is 1330. The molecule has 1 saturated heterocycles. The van der Waals surface area contributed by atoms with Crippen LogP contribution in [0.5, 0.6) is 0 Å². The summed E-state index contributed by atoms with van der Waals surface area (Å²) in [6.45, 7) is 3.74. The second-order valence-corrected chi connectivity index (χ2v) is 10.5. The van der Waals surface area contributed by atoms with Gasteiger partial charge in [0.2, 0.25) is 0 Å². The van der Waals surface area contributed by atoms with Crippen LogP contribution < -0.4 is 0 Å². The number of benzene rings is 2. The van der Waals surface area contributed by atoms with Gasteiger partial charge < -0.3 is 14.5 Å². The number of ether oxygens (including phenoxy) is 1. The molecule has 7 nitrogen and oxygen atoms in total. The van der Waals surface area contributed by atoms with Gasteiger partial charge >= 0.3 is 5.97 Å². The Morgan fingerprint density at radius 2 is 1.77 bits per heavy atom. The zero-order chi connectivity index (χ0) is 28.2. The zero-order valence-electron chi connectivity index (χ0n) is 22.2. The van der Waals surface area contributed by atoms with Crippen molar-refractivity contribution in [2.75, 3.05) is 33.3 Å². The van der Waals surface area contributed by atoms with Crippen LogP contribution in [-0.4, -0.2) is 65.9 Å². The van der Waals surface area contributed by atoms with Crippen molar-refractivity contribution in [3.05, 3.63) is 75.7 Å². The third-order valence-corrected chi connectivity index (χ3v) is 7.76. The highest BCUT2D eigenvalue weighted by atomic mass is 32.1. The van der Waals surface area contributed by atoms with Gasteiger partial charge in [0.1, 0.15) is 12.2 Å². The van der Waals surface area contributed by atoms with Gasteiger partial charge in [-0.3, -0.25) is 14.4 Å². The number of alkyl halides is 2. The molecule has 0 spiro atoms. The van der Waals surface area contributed by atoms with Gasteiger partial charge in [-0.25, -0.2) is 13.8 Å². The van der Waals surface area contributed by atoms with E-state index in [1.165, 1.54) is 35.4 Å². The number of amides is 2. The quantitative estimate of drug-likeness (QED) is 0.339. The topological polar surface area (TPSA) is 79.8 Å². The maximum atomic E-state index is 13.6. The maximum absolute atomic E-state index is 13.6. The van der Waals surface area contributed by atoms with E-state index in [0.717, 1.165) is 11.9 Å². The second-order valence-electron chi connectivity index (χ2n) is 9.62. The Kier molecular flexibility index (Phi) is 8.74. The molecular formula is C29H31F2N3O4S. The lowest BCUT2D eigenvalue weighted by Gasteiger charge is -2.31. The van der Waals surface area contributed by atoms with Crippen LogP contribution in [0.2, 0.25) is 0 Å². The molecule has 2 aromatic carbocycles. The molecular weight excluding hydrogens is 524 g/mol. The summed E-state index contributed by atoms with van der Waals surface area (Å²) < 4.78 is 32.2. The molecule has 0 N–H and O–H groups in total. The van der Waals surface area contributed by atoms with Crippen molar-refractivity contribution in [3.8, 4) is 11.1 Å². The van der Waals surface area contributed by atoms with Crippen molar-refractivity contribution in [1.29, 1.82) is 0 Å². The summed E-state index contributed by atoms with van der Waals surface area (Å²) in [5.41, 5.74) is 2.15. The van der Waals surface area contributed by atoms with E-state index in [9.17, 15) is 23.2 Å². The number of carbonyl (C=O) groups is 3. The van der Waals surface area contributed by atoms with E-state index in [-0.39, 0.29) is 36.4 Å². The Morgan fingerprint density at radius 1 is 1.10 bits per heavy atom. The average Bonchev–Trinajstić information content (AvgIpc) is 3.42. The van der Waals surface area contributed by atoms with E-state index in [1.54, 1.807) is 41.5 Å². The SMILES string of the molecule is CCOC(=O)CN(C)C(=O)c1csc(C2CCN(C(=O)c3ccccc3-c3ccc(C(C)(F)F)cc3)CC2)n1. The number of esters is 1. The van der Waals surface area contributed by atoms with E-state index in [4.69, 9.17) is 4.74 Å². The molecule has 0 bridgehead atoms. The first-order valence-electron chi connectivity index (χ1n) is 12.8. The van der Waals surface area contributed by atoms with Crippen molar-refractivity contribution in [1.82, 2.24) is 14.8 Å². The lowest BCUT2D eigenvalue weighted by molar-refractivity contribution is -0.143. The molecule has 0 radical (unpaired) electrons. The highest BCUT2D eigenvalue weighted by Gasteiger charge is 2.29. The molecule has 206 valence electrons. The van der Waals surface area contributed by atoms with Gasteiger partial charge in [-0.05, 0) is 37.0 Å². The molecule has 4 rings (SSSR count). The van der Waals surface area contributed by atoms with Crippen molar-refractivity contribution >= 4 is 29.1 Å². The average molecular weight is 556 g/mol. The van der Waals surface area contributed by atoms with Crippen molar-refractivity contribution in [2.45, 2.75) is 38.5 Å². The number of aromatic nitrogens is 1. The van der Waals surface area contributed by atoms with Crippen LogP contribution in [0.1, 0.15) is 64.0 Å². The van der Waals surface area contributed by atoms with Crippen LogP contribution in [0.15, 0.2) is 53.9 Å². The molecule has 1 aliphatic heterocycles. The molecule has 3 aromatic rings. The van der Waals surface area contributed by atoms with Gasteiger partial charge in [-0.1, -0.05) is 42.5 Å². The molecule has 0 unspecified atom stereocenters. The lowest BCUT2D eigenvalue weighted by atomic mass is 9.94. The molecule has 2 amide bonds. The Morgan fingerprint density at radius 3 is 2.41 bits per heavy atom. The molecule has 0 saturated carbocycles. The fourth-order valence-corrected chi connectivity index (χ4v) is 5.57. The summed E-state index contributed by atoms with van der Waals surface area (Å²) in [6.07, 6.45) is 1.40. The summed E-state index contributed by atoms with van der Waals surface area (Å²) in [5.74, 6) is -3.73. The van der Waals surface area contributed by atoms with E-state index in [0.29, 0.717) is 48.3 Å². The van der Waals surface area contributed by atoms with Crippen LogP contribution in [0.25, 0.3) is 11.1 Å². The van der Waals surface area contributed by atoms with Gasteiger partial charge in [-0.2, -0.15) is 0 Å². The third kappa shape index (κ3) is 6.68. The monoisotopic (exact) mass is 555 g/mol. The van der Waals surface area contributed by atoms with Crippen LogP contribution in [0.4, 0.5) is 8.78 Å². The first-order chi connectivity index (χ1) is 18.6. The Labute approximate surface area is 230 Å². The predicted octanol–water partition coefficient (Wildman–Crippen LogP) is 5.58. The normalized spacial score (nSPS) is 14.2. The predicted molar refractivity (Wildman–Crippen MR) is 145 cm³/mol. The largest absolute Gasteiger partial charge is 0.465 e. The van der Waals surface area contributed by atoms with Gasteiger partial charge in [0.15, 0.2) is 0 Å². The highest BCUT2D eigenvalue weighted by molar-refractivity contribution is 7.09. The molecule has 1 fully saturated rings. The number of nitrogens with zero attached hydrogens (tertiary/aromatic N) is 3. The molecule has 39 heavy (non-hydrogen) atoms. The summed E-state index contributed by atoms with van der Waals surface area (Å²) in [7, 11) is 1.54. The molecule has 0 aliphatic carbocycles. The number of carbonyl (C=O) groups excluding carboxylic acids is 3. The highest BCUT2D eigenvalue weighted by Crippen LogP contribution is 2.33. The smallest absolute Gasteiger partial charge is 0.325 e. The van der Waals surface area contributed by atoms with E-state index in [1.807, 2.05) is 12.1 Å². The lowest BCUT2D eigenvalue weighted by Crippen LogP contribution is -2.38. The minimum Gasteiger partial charge on any atom is -0.465 e. The second kappa shape index (κ2) is 12.0. The number of piperidine rings is 1.